The predicted octanol–water partition coefficient (Wildman–Crippen LogP) is 4.33. The molecule has 5 nitrogen and oxygen atoms in total. The van der Waals surface area contributed by atoms with Gasteiger partial charge in [0.1, 0.15) is 5.01 Å². The highest BCUT2D eigenvalue weighted by atomic mass is 32.1. The summed E-state index contributed by atoms with van der Waals surface area (Å²) in [6.45, 7) is 1.58. The van der Waals surface area contributed by atoms with Crippen molar-refractivity contribution in [3.63, 3.8) is 0 Å². The molecule has 2 aromatic carbocycles. The zero-order valence-corrected chi connectivity index (χ0v) is 17.0. The van der Waals surface area contributed by atoms with E-state index in [0.29, 0.717) is 12.8 Å². The Morgan fingerprint density at radius 3 is 2.66 bits per heavy atom. The van der Waals surface area contributed by atoms with Crippen molar-refractivity contribution in [2.45, 2.75) is 38.1 Å². The van der Waals surface area contributed by atoms with Crippen LogP contribution < -0.4 is 4.90 Å². The van der Waals surface area contributed by atoms with Crippen LogP contribution in [0.4, 0.5) is 5.69 Å². The largest absolute Gasteiger partial charge is 0.333 e. The molecule has 0 bridgehead atoms. The molecule has 2 fully saturated rings. The van der Waals surface area contributed by atoms with E-state index in [-0.39, 0.29) is 17.9 Å². The van der Waals surface area contributed by atoms with Crippen LogP contribution in [-0.2, 0) is 16.0 Å². The summed E-state index contributed by atoms with van der Waals surface area (Å²) in [5.41, 5.74) is 2.93. The minimum absolute atomic E-state index is 0.0846. The number of thiazole rings is 1. The van der Waals surface area contributed by atoms with Crippen LogP contribution in [0.1, 0.15) is 42.3 Å². The van der Waals surface area contributed by atoms with Crippen molar-refractivity contribution in [3.05, 3.63) is 59.1 Å². The van der Waals surface area contributed by atoms with Crippen LogP contribution in [0.25, 0.3) is 10.2 Å². The maximum Gasteiger partial charge on any atom is 0.227 e. The van der Waals surface area contributed by atoms with E-state index in [2.05, 4.69) is 6.07 Å². The van der Waals surface area contributed by atoms with Crippen molar-refractivity contribution in [2.24, 2.45) is 0 Å². The SMILES string of the molecule is O=C1CCCN1c1ccc(CC(=O)N2CCCC2c2nc3ccccc3s2)cc1. The number of amides is 2. The maximum absolute atomic E-state index is 13.0. The first kappa shape index (κ1) is 18.3. The summed E-state index contributed by atoms with van der Waals surface area (Å²) < 4.78 is 1.17. The van der Waals surface area contributed by atoms with Crippen molar-refractivity contribution >= 4 is 39.1 Å². The number of anilines is 1. The van der Waals surface area contributed by atoms with E-state index in [1.54, 1.807) is 11.3 Å². The molecular formula is C23H23N3O2S. The molecule has 2 aliphatic rings. The Kier molecular flexibility index (Phi) is 4.79. The normalized spacial score (nSPS) is 19.4. The number of para-hydroxylation sites is 1. The van der Waals surface area contributed by atoms with Crippen LogP contribution in [0, 0.1) is 0 Å². The number of aromatic nitrogens is 1. The lowest BCUT2D eigenvalue weighted by Gasteiger charge is -2.23. The van der Waals surface area contributed by atoms with Crippen LogP contribution in [0.15, 0.2) is 48.5 Å². The lowest BCUT2D eigenvalue weighted by atomic mass is 10.1. The molecule has 5 rings (SSSR count). The molecule has 1 aromatic heterocycles. The van der Waals surface area contributed by atoms with Crippen LogP contribution in [0.3, 0.4) is 0 Å². The van der Waals surface area contributed by atoms with Gasteiger partial charge < -0.3 is 9.80 Å². The van der Waals surface area contributed by atoms with Crippen molar-refractivity contribution in [2.75, 3.05) is 18.0 Å². The number of benzene rings is 2. The highest BCUT2D eigenvalue weighted by Gasteiger charge is 2.32. The Bertz CT molecular complexity index is 1030. The van der Waals surface area contributed by atoms with E-state index in [4.69, 9.17) is 4.98 Å². The summed E-state index contributed by atoms with van der Waals surface area (Å²) in [4.78, 5) is 33.6. The van der Waals surface area contributed by atoms with Crippen LogP contribution in [0.5, 0.6) is 0 Å². The third-order valence-electron chi connectivity index (χ3n) is 5.85. The number of hydrogen-bond acceptors (Lipinski definition) is 4. The molecular weight excluding hydrogens is 382 g/mol. The molecule has 29 heavy (non-hydrogen) atoms. The van der Waals surface area contributed by atoms with Gasteiger partial charge in [-0.25, -0.2) is 4.98 Å². The fraction of sp³-hybridized carbons (Fsp3) is 0.348. The minimum atomic E-state index is 0.0846. The van der Waals surface area contributed by atoms with Gasteiger partial charge in [0.15, 0.2) is 0 Å². The average molecular weight is 406 g/mol. The van der Waals surface area contributed by atoms with Gasteiger partial charge in [-0.3, -0.25) is 9.59 Å². The summed E-state index contributed by atoms with van der Waals surface area (Å²) in [6.07, 6.45) is 3.92. The standard InChI is InChI=1S/C23H23N3O2S/c27-21-8-4-13-25(21)17-11-9-16(10-12-17)15-22(28)26-14-3-6-19(26)23-24-18-5-1-2-7-20(18)29-23/h1-2,5,7,9-12,19H,3-4,6,8,13-15H2. The van der Waals surface area contributed by atoms with Crippen molar-refractivity contribution < 1.29 is 9.59 Å². The van der Waals surface area contributed by atoms with Gasteiger partial charge in [0.05, 0.1) is 22.7 Å². The van der Waals surface area contributed by atoms with E-state index >= 15 is 0 Å². The summed E-state index contributed by atoms with van der Waals surface area (Å²) in [6, 6.07) is 16.1. The van der Waals surface area contributed by atoms with Gasteiger partial charge in [-0.2, -0.15) is 0 Å². The number of rotatable bonds is 4. The number of likely N-dealkylation sites (tertiary alicyclic amines) is 1. The van der Waals surface area contributed by atoms with Gasteiger partial charge in [-0.15, -0.1) is 11.3 Å². The molecule has 2 amide bonds. The zero-order chi connectivity index (χ0) is 19.8. The molecule has 6 heteroatoms. The lowest BCUT2D eigenvalue weighted by Crippen LogP contribution is -2.31. The second-order valence-corrected chi connectivity index (χ2v) is 8.82. The fourth-order valence-electron chi connectivity index (χ4n) is 4.35. The van der Waals surface area contributed by atoms with Gasteiger partial charge in [-0.1, -0.05) is 24.3 Å². The molecule has 3 aromatic rings. The first-order chi connectivity index (χ1) is 14.2. The molecule has 2 saturated heterocycles. The number of fused-ring (bicyclic) bond motifs is 1. The Labute approximate surface area is 174 Å². The monoisotopic (exact) mass is 405 g/mol. The first-order valence-corrected chi connectivity index (χ1v) is 11.0. The predicted molar refractivity (Wildman–Crippen MR) is 115 cm³/mol. The third kappa shape index (κ3) is 3.53. The number of nitrogens with zero attached hydrogens (tertiary/aromatic N) is 3. The Morgan fingerprint density at radius 1 is 1.07 bits per heavy atom. The number of carbonyl (C=O) groups excluding carboxylic acids is 2. The molecule has 1 unspecified atom stereocenters. The summed E-state index contributed by atoms with van der Waals surface area (Å²) in [5, 5.41) is 1.04. The van der Waals surface area contributed by atoms with Crippen molar-refractivity contribution in [1.82, 2.24) is 9.88 Å². The molecule has 2 aliphatic heterocycles. The molecule has 1 atom stereocenters. The van der Waals surface area contributed by atoms with E-state index in [9.17, 15) is 9.59 Å². The van der Waals surface area contributed by atoms with E-state index in [1.807, 2.05) is 52.3 Å². The molecule has 0 spiro atoms. The molecule has 0 radical (unpaired) electrons. The second-order valence-electron chi connectivity index (χ2n) is 7.76. The van der Waals surface area contributed by atoms with E-state index in [0.717, 1.165) is 54.1 Å². The smallest absolute Gasteiger partial charge is 0.227 e. The van der Waals surface area contributed by atoms with Crippen molar-refractivity contribution in [3.8, 4) is 0 Å². The third-order valence-corrected chi connectivity index (χ3v) is 6.98. The minimum Gasteiger partial charge on any atom is -0.333 e. The van der Waals surface area contributed by atoms with Crippen LogP contribution in [-0.4, -0.2) is 34.8 Å². The van der Waals surface area contributed by atoms with Gasteiger partial charge in [0, 0.05) is 25.2 Å². The Hall–Kier alpha value is -2.73. The molecule has 0 saturated carbocycles. The molecule has 148 valence electrons. The van der Waals surface area contributed by atoms with E-state index < -0.39 is 0 Å². The van der Waals surface area contributed by atoms with Crippen molar-refractivity contribution in [1.29, 1.82) is 0 Å². The summed E-state index contributed by atoms with van der Waals surface area (Å²) in [5.74, 6) is 0.335. The Balaban J connectivity index is 1.30. The topological polar surface area (TPSA) is 53.5 Å². The van der Waals surface area contributed by atoms with Crippen LogP contribution in [0.2, 0.25) is 0 Å². The number of carbonyl (C=O) groups is 2. The summed E-state index contributed by atoms with van der Waals surface area (Å²) >= 11 is 1.70. The Morgan fingerprint density at radius 2 is 1.90 bits per heavy atom. The summed E-state index contributed by atoms with van der Waals surface area (Å²) in [7, 11) is 0. The van der Waals surface area contributed by atoms with Gasteiger partial charge >= 0.3 is 0 Å². The second kappa shape index (κ2) is 7.59. The van der Waals surface area contributed by atoms with Gasteiger partial charge in [-0.05, 0) is 49.1 Å². The highest BCUT2D eigenvalue weighted by Crippen LogP contribution is 2.36. The van der Waals surface area contributed by atoms with Gasteiger partial charge in [0.25, 0.3) is 0 Å². The maximum atomic E-state index is 13.0. The van der Waals surface area contributed by atoms with E-state index in [1.165, 1.54) is 4.70 Å². The molecule has 3 heterocycles. The number of hydrogen-bond donors (Lipinski definition) is 0. The zero-order valence-electron chi connectivity index (χ0n) is 16.2. The fourth-order valence-corrected chi connectivity index (χ4v) is 5.46. The highest BCUT2D eigenvalue weighted by molar-refractivity contribution is 7.18. The van der Waals surface area contributed by atoms with Crippen LogP contribution >= 0.6 is 11.3 Å². The quantitative estimate of drug-likeness (QED) is 0.649. The van der Waals surface area contributed by atoms with Gasteiger partial charge in [0.2, 0.25) is 11.8 Å². The lowest BCUT2D eigenvalue weighted by molar-refractivity contribution is -0.131. The average Bonchev–Trinajstić information content (AvgIpc) is 3.47. The molecule has 0 N–H and O–H groups in total. The first-order valence-electron chi connectivity index (χ1n) is 10.2. The molecule has 0 aliphatic carbocycles.